The second kappa shape index (κ2) is 8.63. The summed E-state index contributed by atoms with van der Waals surface area (Å²) in [6.45, 7) is 1.28. The molecule has 0 aliphatic carbocycles. The van der Waals surface area contributed by atoms with Crippen LogP contribution in [-0.2, 0) is 4.79 Å². The SMILES string of the molecule is CC(=O)Oc1cc2ccccc2cc1C(=O)Nc1ccccc1-c1nc2ccccc2c(=O)o1. The molecule has 0 unspecified atom stereocenters. The van der Waals surface area contributed by atoms with E-state index in [0.29, 0.717) is 22.2 Å². The third-order valence-corrected chi connectivity index (χ3v) is 5.29. The number of esters is 1. The molecule has 1 N–H and O–H groups in total. The topological polar surface area (TPSA) is 98.5 Å². The Labute approximate surface area is 193 Å². The van der Waals surface area contributed by atoms with E-state index in [9.17, 15) is 14.4 Å². The van der Waals surface area contributed by atoms with Gasteiger partial charge in [0.25, 0.3) is 5.91 Å². The second-order valence-electron chi connectivity index (χ2n) is 7.61. The molecule has 0 bridgehead atoms. The Morgan fingerprint density at radius 3 is 2.35 bits per heavy atom. The van der Waals surface area contributed by atoms with Crippen LogP contribution in [0.5, 0.6) is 5.75 Å². The van der Waals surface area contributed by atoms with Crippen molar-refractivity contribution in [3.63, 3.8) is 0 Å². The van der Waals surface area contributed by atoms with Crippen molar-refractivity contribution >= 4 is 39.2 Å². The summed E-state index contributed by atoms with van der Waals surface area (Å²) in [5.41, 5.74) is 0.987. The standard InChI is InChI=1S/C27H18N2O5/c1-16(30)33-24-15-18-9-3-2-8-17(18)14-21(24)25(31)28-22-12-6-4-10-19(22)26-29-23-13-7-5-11-20(23)27(32)34-26/h2-15H,1H3,(H,28,31). The summed E-state index contributed by atoms with van der Waals surface area (Å²) in [6.07, 6.45) is 0. The number of hydrogen-bond donors (Lipinski definition) is 1. The molecular formula is C27H18N2O5. The fourth-order valence-electron chi connectivity index (χ4n) is 3.74. The van der Waals surface area contributed by atoms with Crippen LogP contribution in [0.2, 0.25) is 0 Å². The molecule has 1 heterocycles. The average Bonchev–Trinajstić information content (AvgIpc) is 2.83. The predicted octanol–water partition coefficient (Wildman–Crippen LogP) is 5.19. The lowest BCUT2D eigenvalue weighted by molar-refractivity contribution is -0.131. The first-order valence-corrected chi connectivity index (χ1v) is 10.5. The summed E-state index contributed by atoms with van der Waals surface area (Å²) >= 11 is 0. The zero-order valence-electron chi connectivity index (χ0n) is 18.1. The Balaban J connectivity index is 1.57. The van der Waals surface area contributed by atoms with Crippen LogP contribution in [0.3, 0.4) is 0 Å². The molecule has 0 aliphatic rings. The highest BCUT2D eigenvalue weighted by atomic mass is 16.5. The average molecular weight is 450 g/mol. The number of fused-ring (bicyclic) bond motifs is 2. The first kappa shape index (κ1) is 21.1. The molecule has 0 saturated heterocycles. The van der Waals surface area contributed by atoms with Crippen molar-refractivity contribution in [2.75, 3.05) is 5.32 Å². The maximum absolute atomic E-state index is 13.3. The summed E-state index contributed by atoms with van der Waals surface area (Å²) in [6, 6.07) is 24.5. The number of carbonyl (C=O) groups excluding carboxylic acids is 2. The Morgan fingerprint density at radius 2 is 1.56 bits per heavy atom. The fraction of sp³-hybridized carbons (Fsp3) is 0.0370. The van der Waals surface area contributed by atoms with E-state index in [0.717, 1.165) is 10.8 Å². The highest BCUT2D eigenvalue weighted by Gasteiger charge is 2.19. The molecule has 0 fully saturated rings. The molecule has 0 radical (unpaired) electrons. The minimum atomic E-state index is -0.535. The maximum Gasteiger partial charge on any atom is 0.347 e. The van der Waals surface area contributed by atoms with Crippen LogP contribution >= 0.6 is 0 Å². The Hall–Kier alpha value is -4.78. The van der Waals surface area contributed by atoms with Crippen LogP contribution < -0.4 is 15.7 Å². The predicted molar refractivity (Wildman–Crippen MR) is 129 cm³/mol. The number of nitrogens with zero attached hydrogens (tertiary/aromatic N) is 1. The summed E-state index contributed by atoms with van der Waals surface area (Å²) < 4.78 is 10.8. The first-order chi connectivity index (χ1) is 16.5. The van der Waals surface area contributed by atoms with Crippen molar-refractivity contribution in [2.24, 2.45) is 0 Å². The summed E-state index contributed by atoms with van der Waals surface area (Å²) in [5.74, 6) is -0.792. The van der Waals surface area contributed by atoms with Crippen molar-refractivity contribution in [3.8, 4) is 17.2 Å². The van der Waals surface area contributed by atoms with E-state index < -0.39 is 17.5 Å². The molecule has 5 aromatic rings. The normalized spacial score (nSPS) is 10.9. The minimum Gasteiger partial charge on any atom is -0.426 e. The second-order valence-corrected chi connectivity index (χ2v) is 7.61. The van der Waals surface area contributed by atoms with E-state index in [4.69, 9.17) is 9.15 Å². The molecule has 34 heavy (non-hydrogen) atoms. The van der Waals surface area contributed by atoms with Gasteiger partial charge in [0.2, 0.25) is 5.89 Å². The van der Waals surface area contributed by atoms with Gasteiger partial charge in [-0.25, -0.2) is 9.78 Å². The third kappa shape index (κ3) is 4.02. The van der Waals surface area contributed by atoms with Crippen LogP contribution in [0, 0.1) is 0 Å². The zero-order chi connectivity index (χ0) is 23.7. The number of aromatic nitrogens is 1. The van der Waals surface area contributed by atoms with Gasteiger partial charge in [0.15, 0.2) is 0 Å². The molecule has 7 heteroatoms. The Bertz CT molecular complexity index is 1640. The van der Waals surface area contributed by atoms with Gasteiger partial charge in [-0.3, -0.25) is 9.59 Å². The number of para-hydroxylation sites is 2. The molecule has 4 aromatic carbocycles. The number of hydrogen-bond acceptors (Lipinski definition) is 6. The quantitative estimate of drug-likeness (QED) is 0.299. The number of amides is 1. The maximum atomic E-state index is 13.3. The van der Waals surface area contributed by atoms with Crippen LogP contribution in [-0.4, -0.2) is 16.9 Å². The van der Waals surface area contributed by atoms with Crippen molar-refractivity contribution in [3.05, 3.63) is 101 Å². The Morgan fingerprint density at radius 1 is 0.882 bits per heavy atom. The number of ether oxygens (including phenoxy) is 1. The van der Waals surface area contributed by atoms with Gasteiger partial charge in [-0.2, -0.15) is 0 Å². The van der Waals surface area contributed by atoms with Crippen molar-refractivity contribution in [1.82, 2.24) is 4.98 Å². The van der Waals surface area contributed by atoms with Gasteiger partial charge < -0.3 is 14.5 Å². The van der Waals surface area contributed by atoms with Crippen LogP contribution in [0.1, 0.15) is 17.3 Å². The number of rotatable bonds is 4. The van der Waals surface area contributed by atoms with E-state index in [1.807, 2.05) is 24.3 Å². The van der Waals surface area contributed by atoms with Gasteiger partial charge in [-0.15, -0.1) is 0 Å². The van der Waals surface area contributed by atoms with E-state index in [1.165, 1.54) is 6.92 Å². The lowest BCUT2D eigenvalue weighted by Crippen LogP contribution is -2.16. The summed E-state index contributed by atoms with van der Waals surface area (Å²) in [5, 5.41) is 4.86. The fourth-order valence-corrected chi connectivity index (χ4v) is 3.74. The largest absolute Gasteiger partial charge is 0.426 e. The number of carbonyl (C=O) groups is 2. The van der Waals surface area contributed by atoms with Gasteiger partial charge >= 0.3 is 11.6 Å². The third-order valence-electron chi connectivity index (χ3n) is 5.29. The molecule has 0 aliphatic heterocycles. The smallest absolute Gasteiger partial charge is 0.347 e. The number of benzene rings is 4. The number of nitrogens with one attached hydrogen (secondary N) is 1. The van der Waals surface area contributed by atoms with E-state index >= 15 is 0 Å². The molecule has 1 amide bonds. The molecule has 1 aromatic heterocycles. The molecule has 5 rings (SSSR count). The first-order valence-electron chi connectivity index (χ1n) is 10.5. The van der Waals surface area contributed by atoms with Gasteiger partial charge in [-0.05, 0) is 47.2 Å². The minimum absolute atomic E-state index is 0.0818. The van der Waals surface area contributed by atoms with Gasteiger partial charge in [0, 0.05) is 6.92 Å². The summed E-state index contributed by atoms with van der Waals surface area (Å²) in [7, 11) is 0. The zero-order valence-corrected chi connectivity index (χ0v) is 18.1. The van der Waals surface area contributed by atoms with Crippen LogP contribution in [0.15, 0.2) is 94.1 Å². The molecule has 0 spiro atoms. The lowest BCUT2D eigenvalue weighted by atomic mass is 10.0. The van der Waals surface area contributed by atoms with Gasteiger partial charge in [0.05, 0.1) is 27.7 Å². The molecular weight excluding hydrogens is 432 g/mol. The van der Waals surface area contributed by atoms with E-state index in [2.05, 4.69) is 10.3 Å². The molecule has 0 saturated carbocycles. The highest BCUT2D eigenvalue weighted by Crippen LogP contribution is 2.30. The highest BCUT2D eigenvalue weighted by molar-refractivity contribution is 6.10. The Kier molecular flexibility index (Phi) is 5.35. The van der Waals surface area contributed by atoms with Crippen molar-refractivity contribution in [1.29, 1.82) is 0 Å². The van der Waals surface area contributed by atoms with Crippen LogP contribution in [0.4, 0.5) is 5.69 Å². The lowest BCUT2D eigenvalue weighted by Gasteiger charge is -2.13. The summed E-state index contributed by atoms with van der Waals surface area (Å²) in [4.78, 5) is 41.9. The monoisotopic (exact) mass is 450 g/mol. The van der Waals surface area contributed by atoms with E-state index in [-0.39, 0.29) is 17.2 Å². The van der Waals surface area contributed by atoms with E-state index in [1.54, 1.807) is 60.7 Å². The van der Waals surface area contributed by atoms with Gasteiger partial charge in [-0.1, -0.05) is 48.5 Å². The molecule has 7 nitrogen and oxygen atoms in total. The van der Waals surface area contributed by atoms with Gasteiger partial charge in [0.1, 0.15) is 5.75 Å². The van der Waals surface area contributed by atoms with Crippen LogP contribution in [0.25, 0.3) is 33.1 Å². The molecule has 0 atom stereocenters. The van der Waals surface area contributed by atoms with Crippen molar-refractivity contribution in [2.45, 2.75) is 6.92 Å². The molecule has 166 valence electrons. The van der Waals surface area contributed by atoms with Crippen molar-refractivity contribution < 1.29 is 18.7 Å². The number of anilines is 1.